The Kier molecular flexibility index (Phi) is 12.8. The van der Waals surface area contributed by atoms with Crippen molar-refractivity contribution in [3.05, 3.63) is 35.9 Å². The Morgan fingerprint density at radius 1 is 0.787 bits per heavy atom. The molecule has 0 aromatic heterocycles. The fourth-order valence-electron chi connectivity index (χ4n) is 6.24. The Bertz CT molecular complexity index is 1240. The van der Waals surface area contributed by atoms with Gasteiger partial charge in [-0.25, -0.2) is 4.79 Å². The van der Waals surface area contributed by atoms with Crippen LogP contribution in [0.25, 0.3) is 0 Å². The number of epoxide rings is 1. The summed E-state index contributed by atoms with van der Waals surface area (Å²) in [6.45, 7) is 13.0. The van der Waals surface area contributed by atoms with E-state index in [0.29, 0.717) is 71.7 Å². The molecule has 3 aliphatic heterocycles. The second kappa shape index (κ2) is 16.5. The summed E-state index contributed by atoms with van der Waals surface area (Å²) in [5, 5.41) is 8.72. The van der Waals surface area contributed by atoms with Crippen LogP contribution in [0.3, 0.4) is 0 Å². The minimum absolute atomic E-state index is 0.0802. The van der Waals surface area contributed by atoms with Crippen LogP contribution in [0.15, 0.2) is 30.3 Å². The van der Waals surface area contributed by atoms with E-state index in [0.717, 1.165) is 5.56 Å². The van der Waals surface area contributed by atoms with Gasteiger partial charge in [-0.15, -0.1) is 0 Å². The van der Waals surface area contributed by atoms with Crippen LogP contribution in [0.5, 0.6) is 0 Å². The van der Waals surface area contributed by atoms with Gasteiger partial charge in [0.05, 0.1) is 25.9 Å². The summed E-state index contributed by atoms with van der Waals surface area (Å²) >= 11 is 0. The van der Waals surface area contributed by atoms with E-state index in [1.807, 2.05) is 62.9 Å². The summed E-state index contributed by atoms with van der Waals surface area (Å²) in [4.78, 5) is 70.7. The number of morpholine rings is 1. The number of carbonyl (C=O) groups excluding carboxylic acids is 5. The second-order valence-electron chi connectivity index (χ2n) is 14.2. The van der Waals surface area contributed by atoms with Gasteiger partial charge in [-0.3, -0.25) is 19.2 Å². The van der Waals surface area contributed by atoms with Gasteiger partial charge < -0.3 is 35.2 Å². The van der Waals surface area contributed by atoms with Gasteiger partial charge in [0, 0.05) is 38.5 Å². The number of carbonyl (C=O) groups is 5. The predicted molar refractivity (Wildman–Crippen MR) is 176 cm³/mol. The first-order valence-electron chi connectivity index (χ1n) is 17.1. The zero-order valence-electron chi connectivity index (χ0n) is 28.6. The van der Waals surface area contributed by atoms with Crippen molar-refractivity contribution < 1.29 is 33.4 Å². The van der Waals surface area contributed by atoms with Crippen molar-refractivity contribution in [2.24, 2.45) is 17.8 Å². The quantitative estimate of drug-likeness (QED) is 0.261. The number of likely N-dealkylation sites (tertiary alicyclic amines) is 1. The molecule has 3 N–H and O–H groups in total. The zero-order valence-corrected chi connectivity index (χ0v) is 28.6. The van der Waals surface area contributed by atoms with Crippen molar-refractivity contribution in [2.45, 2.75) is 90.4 Å². The monoisotopic (exact) mass is 655 g/mol. The third-order valence-corrected chi connectivity index (χ3v) is 9.13. The lowest BCUT2D eigenvalue weighted by Crippen LogP contribution is -2.58. The highest BCUT2D eigenvalue weighted by Crippen LogP contribution is 2.30. The molecular formula is C35H53N5O7. The lowest BCUT2D eigenvalue weighted by Gasteiger charge is -2.36. The van der Waals surface area contributed by atoms with Crippen molar-refractivity contribution in [3.8, 4) is 0 Å². The molecule has 3 fully saturated rings. The Labute approximate surface area is 278 Å². The smallest absolute Gasteiger partial charge is 0.318 e. The van der Waals surface area contributed by atoms with E-state index < -0.39 is 35.5 Å². The van der Waals surface area contributed by atoms with Crippen LogP contribution >= 0.6 is 0 Å². The highest BCUT2D eigenvalue weighted by Gasteiger charge is 2.50. The van der Waals surface area contributed by atoms with Crippen molar-refractivity contribution >= 4 is 29.5 Å². The number of benzene rings is 1. The van der Waals surface area contributed by atoms with E-state index in [1.54, 1.807) is 11.8 Å². The van der Waals surface area contributed by atoms with Crippen LogP contribution in [-0.2, 0) is 35.1 Å². The van der Waals surface area contributed by atoms with E-state index in [4.69, 9.17) is 9.47 Å². The first kappa shape index (κ1) is 36.3. The number of ketones is 1. The molecule has 4 unspecified atom stereocenters. The summed E-state index contributed by atoms with van der Waals surface area (Å²) in [5.74, 6) is -0.908. The van der Waals surface area contributed by atoms with Crippen molar-refractivity contribution in [1.29, 1.82) is 0 Å². The fourth-order valence-corrected chi connectivity index (χ4v) is 6.24. The summed E-state index contributed by atoms with van der Waals surface area (Å²) in [7, 11) is 0. The molecule has 0 radical (unpaired) electrons. The number of nitrogens with zero attached hydrogens (tertiary/aromatic N) is 2. The van der Waals surface area contributed by atoms with E-state index in [2.05, 4.69) is 16.0 Å². The lowest BCUT2D eigenvalue weighted by atomic mass is 9.93. The van der Waals surface area contributed by atoms with Crippen LogP contribution in [0, 0.1) is 17.8 Å². The number of urea groups is 1. The van der Waals surface area contributed by atoms with E-state index in [-0.39, 0.29) is 41.9 Å². The van der Waals surface area contributed by atoms with Crippen LogP contribution < -0.4 is 16.0 Å². The van der Waals surface area contributed by atoms with Gasteiger partial charge in [0.2, 0.25) is 17.7 Å². The zero-order chi connectivity index (χ0) is 34.1. The highest BCUT2D eigenvalue weighted by atomic mass is 16.6. The molecule has 1 aromatic carbocycles. The Morgan fingerprint density at radius 2 is 1.34 bits per heavy atom. The normalized spacial score (nSPS) is 21.9. The third kappa shape index (κ3) is 10.5. The van der Waals surface area contributed by atoms with Crippen LogP contribution in [-0.4, -0.2) is 109 Å². The van der Waals surface area contributed by atoms with E-state index in [1.165, 1.54) is 0 Å². The largest absolute Gasteiger partial charge is 0.378 e. The standard InChI is InChI=1S/C35H53N5O7/c1-23(2)19-27(30(41)35(5)22-47-35)36-32(43)29(21-25-9-7-6-8-10-25)37-31(42)28(20-24(3)4)38-34(45)40-13-11-26(12-14-40)33(44)39-15-17-46-18-16-39/h6-10,23-24,26-29H,11-22H2,1-5H3,(H,36,43)(H,37,42)(H,38,45). The number of ether oxygens (including phenoxy) is 2. The highest BCUT2D eigenvalue weighted by molar-refractivity contribution is 5.98. The first-order chi connectivity index (χ1) is 22.4. The van der Waals surface area contributed by atoms with Crippen LogP contribution in [0.4, 0.5) is 4.79 Å². The lowest BCUT2D eigenvalue weighted by molar-refractivity contribution is -0.141. The number of hydrogen-bond donors (Lipinski definition) is 3. The second-order valence-corrected chi connectivity index (χ2v) is 14.2. The molecule has 12 heteroatoms. The maximum atomic E-state index is 13.8. The fraction of sp³-hybridized carbons (Fsp3) is 0.686. The molecule has 4 rings (SSSR count). The average molecular weight is 656 g/mol. The molecule has 4 atom stereocenters. The average Bonchev–Trinajstić information content (AvgIpc) is 3.81. The Hall–Kier alpha value is -3.51. The molecule has 260 valence electrons. The maximum Gasteiger partial charge on any atom is 0.318 e. The summed E-state index contributed by atoms with van der Waals surface area (Å²) in [6, 6.07) is 6.37. The number of hydrogen-bond acceptors (Lipinski definition) is 7. The molecule has 5 amide bonds. The predicted octanol–water partition coefficient (Wildman–Crippen LogP) is 2.30. The van der Waals surface area contributed by atoms with Crippen molar-refractivity contribution in [3.63, 3.8) is 0 Å². The van der Waals surface area contributed by atoms with Gasteiger partial charge in [0.1, 0.15) is 17.7 Å². The maximum absolute atomic E-state index is 13.8. The minimum atomic E-state index is -0.978. The first-order valence-corrected chi connectivity index (χ1v) is 17.1. The third-order valence-electron chi connectivity index (χ3n) is 9.13. The van der Waals surface area contributed by atoms with Gasteiger partial charge in [-0.2, -0.15) is 0 Å². The molecule has 3 heterocycles. The molecule has 0 saturated carbocycles. The Balaban J connectivity index is 1.42. The van der Waals surface area contributed by atoms with Crippen molar-refractivity contribution in [2.75, 3.05) is 46.0 Å². The molecule has 12 nitrogen and oxygen atoms in total. The Morgan fingerprint density at radius 3 is 1.91 bits per heavy atom. The van der Waals surface area contributed by atoms with Gasteiger partial charge in [-0.05, 0) is 50.0 Å². The number of rotatable bonds is 14. The van der Waals surface area contributed by atoms with E-state index >= 15 is 0 Å². The van der Waals surface area contributed by atoms with Gasteiger partial charge in [0.25, 0.3) is 0 Å². The molecule has 0 bridgehead atoms. The van der Waals surface area contributed by atoms with E-state index in [9.17, 15) is 24.0 Å². The van der Waals surface area contributed by atoms with Crippen LogP contribution in [0.1, 0.15) is 65.9 Å². The molecular weight excluding hydrogens is 602 g/mol. The SMILES string of the molecule is CC(C)CC(NC(=O)N1CCC(C(=O)N2CCOCC2)CC1)C(=O)NC(Cc1ccccc1)C(=O)NC(CC(C)C)C(=O)C1(C)CO1. The summed E-state index contributed by atoms with van der Waals surface area (Å²) in [5.41, 5.74) is -0.0572. The summed E-state index contributed by atoms with van der Waals surface area (Å²) in [6.07, 6.45) is 2.14. The van der Waals surface area contributed by atoms with Gasteiger partial charge >= 0.3 is 6.03 Å². The molecule has 3 aliphatic rings. The number of nitrogens with one attached hydrogen (secondary N) is 3. The molecule has 1 aromatic rings. The van der Waals surface area contributed by atoms with Gasteiger partial charge in [0.15, 0.2) is 5.78 Å². The molecule has 0 spiro atoms. The molecule has 47 heavy (non-hydrogen) atoms. The summed E-state index contributed by atoms with van der Waals surface area (Å²) < 4.78 is 10.7. The van der Waals surface area contributed by atoms with Crippen molar-refractivity contribution in [1.82, 2.24) is 25.8 Å². The number of amides is 5. The van der Waals surface area contributed by atoms with Crippen LogP contribution in [0.2, 0.25) is 0 Å². The minimum Gasteiger partial charge on any atom is -0.378 e. The molecule has 3 saturated heterocycles. The number of Topliss-reactive ketones (excluding diaryl/α,β-unsaturated/α-hetero) is 1. The number of piperidine rings is 1. The molecule has 0 aliphatic carbocycles. The topological polar surface area (TPSA) is 150 Å². The van der Waals surface area contributed by atoms with Gasteiger partial charge in [-0.1, -0.05) is 58.0 Å².